The van der Waals surface area contributed by atoms with Crippen molar-refractivity contribution in [3.63, 3.8) is 0 Å². The summed E-state index contributed by atoms with van der Waals surface area (Å²) in [6, 6.07) is 10.4. The molecule has 6 heteroatoms. The number of phenols is 1. The first kappa shape index (κ1) is 19.3. The number of benzene rings is 2. The minimum atomic E-state index is -0.333. The van der Waals surface area contributed by atoms with Crippen LogP contribution in [0.3, 0.4) is 0 Å². The van der Waals surface area contributed by atoms with Crippen molar-refractivity contribution in [3.8, 4) is 11.5 Å². The standard InChI is InChI=1S/C20H24N2O4/c1-12(2)16-7-5-13(3)9-19(16)26-11-20(25)22-15-6-8-18(24)17(10-15)21-14(4)23/h5-10,12,24H,11H2,1-4H3,(H,21,23)(H,22,25). The van der Waals surface area contributed by atoms with Crippen LogP contribution in [0.1, 0.15) is 37.8 Å². The lowest BCUT2D eigenvalue weighted by molar-refractivity contribution is -0.118. The van der Waals surface area contributed by atoms with Crippen LogP contribution < -0.4 is 15.4 Å². The number of hydrogen-bond donors (Lipinski definition) is 3. The van der Waals surface area contributed by atoms with Crippen molar-refractivity contribution in [2.75, 3.05) is 17.2 Å². The molecule has 0 aliphatic carbocycles. The highest BCUT2D eigenvalue weighted by atomic mass is 16.5. The Morgan fingerprint density at radius 3 is 2.50 bits per heavy atom. The fourth-order valence-corrected chi connectivity index (χ4v) is 2.49. The first-order chi connectivity index (χ1) is 12.3. The van der Waals surface area contributed by atoms with Crippen molar-refractivity contribution in [1.82, 2.24) is 0 Å². The molecular formula is C20H24N2O4. The van der Waals surface area contributed by atoms with Gasteiger partial charge < -0.3 is 20.5 Å². The van der Waals surface area contributed by atoms with Crippen LogP contribution in [0.2, 0.25) is 0 Å². The Morgan fingerprint density at radius 2 is 1.85 bits per heavy atom. The van der Waals surface area contributed by atoms with Gasteiger partial charge in [0, 0.05) is 12.6 Å². The van der Waals surface area contributed by atoms with Gasteiger partial charge in [-0.25, -0.2) is 0 Å². The summed E-state index contributed by atoms with van der Waals surface area (Å²) in [5.74, 6) is 0.259. The van der Waals surface area contributed by atoms with E-state index in [1.807, 2.05) is 25.1 Å². The van der Waals surface area contributed by atoms with Crippen LogP contribution in [0.15, 0.2) is 36.4 Å². The number of carbonyl (C=O) groups excluding carboxylic acids is 2. The Morgan fingerprint density at radius 1 is 1.12 bits per heavy atom. The number of nitrogens with one attached hydrogen (secondary N) is 2. The third-order valence-electron chi connectivity index (χ3n) is 3.74. The molecule has 138 valence electrons. The molecule has 0 aromatic heterocycles. The Kier molecular flexibility index (Phi) is 6.22. The van der Waals surface area contributed by atoms with Gasteiger partial charge in [0.05, 0.1) is 5.69 Å². The second kappa shape index (κ2) is 8.38. The van der Waals surface area contributed by atoms with Crippen LogP contribution in [0.25, 0.3) is 0 Å². The van der Waals surface area contributed by atoms with E-state index in [2.05, 4.69) is 24.5 Å². The van der Waals surface area contributed by atoms with Gasteiger partial charge >= 0.3 is 0 Å². The largest absolute Gasteiger partial charge is 0.506 e. The van der Waals surface area contributed by atoms with E-state index in [-0.39, 0.29) is 35.8 Å². The third-order valence-corrected chi connectivity index (χ3v) is 3.74. The third kappa shape index (κ3) is 5.24. The molecule has 2 aromatic rings. The molecule has 0 heterocycles. The Labute approximate surface area is 153 Å². The van der Waals surface area contributed by atoms with Crippen LogP contribution in [0.5, 0.6) is 11.5 Å². The van der Waals surface area contributed by atoms with E-state index in [1.54, 1.807) is 6.07 Å². The first-order valence-electron chi connectivity index (χ1n) is 8.40. The van der Waals surface area contributed by atoms with E-state index in [1.165, 1.54) is 19.1 Å². The zero-order chi connectivity index (χ0) is 19.3. The molecule has 2 amide bonds. The van der Waals surface area contributed by atoms with Gasteiger partial charge in [-0.1, -0.05) is 26.0 Å². The van der Waals surface area contributed by atoms with Crippen LogP contribution in [-0.4, -0.2) is 23.5 Å². The lowest BCUT2D eigenvalue weighted by Crippen LogP contribution is -2.20. The summed E-state index contributed by atoms with van der Waals surface area (Å²) in [5.41, 5.74) is 2.79. The van der Waals surface area contributed by atoms with Gasteiger partial charge in [-0.3, -0.25) is 9.59 Å². The first-order valence-corrected chi connectivity index (χ1v) is 8.40. The van der Waals surface area contributed by atoms with Crippen molar-refractivity contribution < 1.29 is 19.4 Å². The molecule has 0 aliphatic rings. The minimum Gasteiger partial charge on any atom is -0.506 e. The van der Waals surface area contributed by atoms with E-state index < -0.39 is 0 Å². The van der Waals surface area contributed by atoms with Crippen LogP contribution >= 0.6 is 0 Å². The molecule has 0 aliphatic heterocycles. The normalized spacial score (nSPS) is 10.5. The number of ether oxygens (including phenoxy) is 1. The number of anilines is 2. The Bertz CT molecular complexity index is 815. The van der Waals surface area contributed by atoms with Crippen LogP contribution in [-0.2, 0) is 9.59 Å². The molecule has 0 unspecified atom stereocenters. The summed E-state index contributed by atoms with van der Waals surface area (Å²) in [6.07, 6.45) is 0. The van der Waals surface area contributed by atoms with Gasteiger partial charge in [0.25, 0.3) is 5.91 Å². The Hall–Kier alpha value is -3.02. The second-order valence-electron chi connectivity index (χ2n) is 6.45. The van der Waals surface area contributed by atoms with Gasteiger partial charge in [-0.2, -0.15) is 0 Å². The highest BCUT2D eigenvalue weighted by Crippen LogP contribution is 2.28. The maximum absolute atomic E-state index is 12.2. The van der Waals surface area contributed by atoms with Crippen molar-refractivity contribution >= 4 is 23.2 Å². The molecule has 0 atom stereocenters. The fraction of sp³-hybridized carbons (Fsp3) is 0.300. The molecule has 2 aromatic carbocycles. The highest BCUT2D eigenvalue weighted by Gasteiger charge is 2.11. The monoisotopic (exact) mass is 356 g/mol. The lowest BCUT2D eigenvalue weighted by atomic mass is 10.0. The average molecular weight is 356 g/mol. The van der Waals surface area contributed by atoms with Crippen molar-refractivity contribution in [2.45, 2.75) is 33.6 Å². The van der Waals surface area contributed by atoms with E-state index >= 15 is 0 Å². The fourth-order valence-electron chi connectivity index (χ4n) is 2.49. The SMILES string of the molecule is CC(=O)Nc1cc(NC(=O)COc2cc(C)ccc2C(C)C)ccc1O. The van der Waals surface area contributed by atoms with E-state index in [4.69, 9.17) is 4.74 Å². The van der Waals surface area contributed by atoms with Gasteiger partial charge in [0.1, 0.15) is 11.5 Å². The summed E-state index contributed by atoms with van der Waals surface area (Å²) in [7, 11) is 0. The van der Waals surface area contributed by atoms with E-state index in [0.717, 1.165) is 11.1 Å². The predicted molar refractivity (Wildman–Crippen MR) is 102 cm³/mol. The summed E-state index contributed by atoms with van der Waals surface area (Å²) >= 11 is 0. The molecule has 6 nitrogen and oxygen atoms in total. The Balaban J connectivity index is 2.04. The van der Waals surface area contributed by atoms with Gasteiger partial charge in [-0.15, -0.1) is 0 Å². The molecule has 0 fully saturated rings. The zero-order valence-corrected chi connectivity index (χ0v) is 15.4. The van der Waals surface area contributed by atoms with Crippen molar-refractivity contribution in [1.29, 1.82) is 0 Å². The van der Waals surface area contributed by atoms with Crippen molar-refractivity contribution in [3.05, 3.63) is 47.5 Å². The summed E-state index contributed by atoms with van der Waals surface area (Å²) in [5, 5.41) is 14.9. The smallest absolute Gasteiger partial charge is 0.262 e. The summed E-state index contributed by atoms with van der Waals surface area (Å²) in [6.45, 7) is 7.30. The maximum atomic E-state index is 12.2. The van der Waals surface area contributed by atoms with Crippen LogP contribution in [0.4, 0.5) is 11.4 Å². The molecule has 2 rings (SSSR count). The molecule has 0 radical (unpaired) electrons. The molecule has 0 spiro atoms. The number of amides is 2. The molecule has 0 bridgehead atoms. The highest BCUT2D eigenvalue weighted by molar-refractivity contribution is 5.95. The molecule has 26 heavy (non-hydrogen) atoms. The maximum Gasteiger partial charge on any atom is 0.262 e. The molecular weight excluding hydrogens is 332 g/mol. The van der Waals surface area contributed by atoms with Gasteiger partial charge in [0.15, 0.2) is 6.61 Å². The minimum absolute atomic E-state index is 0.0733. The topological polar surface area (TPSA) is 87.7 Å². The van der Waals surface area contributed by atoms with E-state index in [0.29, 0.717) is 11.4 Å². The zero-order valence-electron chi connectivity index (χ0n) is 15.4. The number of aryl methyl sites for hydroxylation is 1. The van der Waals surface area contributed by atoms with Gasteiger partial charge in [0.2, 0.25) is 5.91 Å². The number of aromatic hydroxyl groups is 1. The summed E-state index contributed by atoms with van der Waals surface area (Å²) in [4.78, 5) is 23.3. The number of phenolic OH excluding ortho intramolecular Hbond substituents is 1. The predicted octanol–water partition coefficient (Wildman–Crippen LogP) is 3.80. The quantitative estimate of drug-likeness (QED) is 0.543. The number of carbonyl (C=O) groups is 2. The van der Waals surface area contributed by atoms with Crippen LogP contribution in [0, 0.1) is 6.92 Å². The number of rotatable bonds is 6. The molecule has 0 saturated heterocycles. The number of hydrogen-bond acceptors (Lipinski definition) is 4. The average Bonchev–Trinajstić information content (AvgIpc) is 2.55. The van der Waals surface area contributed by atoms with Crippen molar-refractivity contribution in [2.24, 2.45) is 0 Å². The van der Waals surface area contributed by atoms with E-state index in [9.17, 15) is 14.7 Å². The lowest BCUT2D eigenvalue weighted by Gasteiger charge is -2.15. The molecule has 3 N–H and O–H groups in total. The van der Waals surface area contributed by atoms with Gasteiger partial charge in [-0.05, 0) is 48.2 Å². The second-order valence-corrected chi connectivity index (χ2v) is 6.45. The molecule has 0 saturated carbocycles. The summed E-state index contributed by atoms with van der Waals surface area (Å²) < 4.78 is 5.70.